The normalized spacial score (nSPS) is 11.1. The number of hydrogen-bond donors (Lipinski definition) is 1. The van der Waals surface area contributed by atoms with Gasteiger partial charge in [0, 0.05) is 37.1 Å². The molecular weight excluding hydrogens is 449 g/mol. The molecule has 34 heavy (non-hydrogen) atoms. The van der Waals surface area contributed by atoms with E-state index in [2.05, 4.69) is 20.9 Å². The van der Waals surface area contributed by atoms with E-state index in [1.54, 1.807) is 18.6 Å². The summed E-state index contributed by atoms with van der Waals surface area (Å²) in [5.41, 5.74) is 11.4. The van der Waals surface area contributed by atoms with E-state index in [0.29, 0.717) is 24.7 Å². The molecule has 0 saturated carbocycles. The molecule has 0 saturated heterocycles. The molecule has 0 spiro atoms. The molecule has 5 nitrogen and oxygen atoms in total. The maximum atomic E-state index is 13.7. The number of anilines is 2. The number of hydrogen-bond acceptors (Lipinski definition) is 4. The highest BCUT2D eigenvalue weighted by Gasteiger charge is 2.14. The first-order valence-corrected chi connectivity index (χ1v) is 11.4. The zero-order valence-corrected chi connectivity index (χ0v) is 19.2. The predicted octanol–water partition coefficient (Wildman–Crippen LogP) is 6.04. The fourth-order valence-corrected chi connectivity index (χ4v) is 4.30. The highest BCUT2D eigenvalue weighted by Crippen LogP contribution is 2.34. The van der Waals surface area contributed by atoms with Crippen LogP contribution in [0.2, 0.25) is 5.02 Å². The van der Waals surface area contributed by atoms with Crippen LogP contribution in [0.1, 0.15) is 5.56 Å². The summed E-state index contributed by atoms with van der Waals surface area (Å²) in [5, 5.41) is 0.556. The fourth-order valence-electron chi connectivity index (χ4n) is 4.09. The van der Waals surface area contributed by atoms with Gasteiger partial charge < -0.3 is 15.2 Å². The summed E-state index contributed by atoms with van der Waals surface area (Å²) >= 11 is 6.60. The van der Waals surface area contributed by atoms with Gasteiger partial charge in [0.2, 0.25) is 0 Å². The first kappa shape index (κ1) is 22.1. The second kappa shape index (κ2) is 9.63. The molecule has 5 aromatic rings. The molecule has 0 bridgehead atoms. The van der Waals surface area contributed by atoms with E-state index in [0.717, 1.165) is 39.2 Å². The minimum Gasteiger partial charge on any atom is -0.329 e. The average molecular weight is 472 g/mol. The lowest BCUT2D eigenvalue weighted by Crippen LogP contribution is -2.25. The number of rotatable bonds is 7. The van der Waals surface area contributed by atoms with Crippen molar-refractivity contribution in [1.29, 1.82) is 0 Å². The number of fused-ring (bicyclic) bond motifs is 1. The summed E-state index contributed by atoms with van der Waals surface area (Å²) in [5.74, 6) is 0.517. The Bertz CT molecular complexity index is 1430. The summed E-state index contributed by atoms with van der Waals surface area (Å²) in [6.45, 7) is 1.63. The van der Waals surface area contributed by atoms with Gasteiger partial charge in [-0.15, -0.1) is 0 Å². The van der Waals surface area contributed by atoms with E-state index in [4.69, 9.17) is 17.3 Å². The second-order valence-electron chi connectivity index (χ2n) is 8.00. The Labute approximate surface area is 202 Å². The molecule has 0 aliphatic rings. The van der Waals surface area contributed by atoms with Crippen LogP contribution < -0.4 is 10.6 Å². The van der Waals surface area contributed by atoms with Crippen molar-refractivity contribution in [3.8, 4) is 11.1 Å². The highest BCUT2D eigenvalue weighted by molar-refractivity contribution is 6.33. The Kier molecular flexibility index (Phi) is 6.25. The van der Waals surface area contributed by atoms with E-state index in [-0.39, 0.29) is 5.82 Å². The highest BCUT2D eigenvalue weighted by atomic mass is 35.5. The van der Waals surface area contributed by atoms with Crippen LogP contribution in [0.5, 0.6) is 0 Å². The van der Waals surface area contributed by atoms with Crippen molar-refractivity contribution in [3.63, 3.8) is 0 Å². The van der Waals surface area contributed by atoms with Crippen LogP contribution in [0, 0.1) is 5.82 Å². The minimum atomic E-state index is -0.251. The van der Waals surface area contributed by atoms with Gasteiger partial charge in [0.15, 0.2) is 0 Å². The zero-order valence-electron chi connectivity index (χ0n) is 18.4. The van der Waals surface area contributed by atoms with Crippen LogP contribution in [0.4, 0.5) is 15.9 Å². The Morgan fingerprint density at radius 1 is 0.941 bits per heavy atom. The van der Waals surface area contributed by atoms with Gasteiger partial charge in [-0.3, -0.25) is 0 Å². The van der Waals surface area contributed by atoms with Gasteiger partial charge in [-0.25, -0.2) is 14.4 Å². The van der Waals surface area contributed by atoms with Crippen LogP contribution in [0.15, 0.2) is 91.4 Å². The fraction of sp³-hybridized carbons (Fsp3) is 0.111. The third-order valence-corrected chi connectivity index (χ3v) is 6.01. The van der Waals surface area contributed by atoms with Crippen molar-refractivity contribution >= 4 is 34.1 Å². The maximum absolute atomic E-state index is 13.7. The number of benzene rings is 3. The van der Waals surface area contributed by atoms with E-state index >= 15 is 0 Å². The quantitative estimate of drug-likeness (QED) is 0.314. The SMILES string of the molecule is NCCN(c1ccccc1)c1cc(-c2ccc3ncn(Cc4cccc(F)c4)c3c2)c(Cl)cn1. The van der Waals surface area contributed by atoms with Gasteiger partial charge in [0.05, 0.1) is 22.4 Å². The molecule has 0 fully saturated rings. The van der Waals surface area contributed by atoms with Crippen molar-refractivity contribution in [2.24, 2.45) is 5.73 Å². The third-order valence-electron chi connectivity index (χ3n) is 5.71. The van der Waals surface area contributed by atoms with Crippen molar-refractivity contribution in [2.75, 3.05) is 18.0 Å². The van der Waals surface area contributed by atoms with Gasteiger partial charge in [-0.2, -0.15) is 0 Å². The lowest BCUT2D eigenvalue weighted by molar-refractivity contribution is 0.624. The molecule has 5 rings (SSSR count). The number of imidazole rings is 1. The van der Waals surface area contributed by atoms with Crippen molar-refractivity contribution < 1.29 is 4.39 Å². The minimum absolute atomic E-state index is 0.251. The molecule has 0 radical (unpaired) electrons. The Balaban J connectivity index is 1.54. The molecule has 3 aromatic carbocycles. The number of pyridine rings is 1. The van der Waals surface area contributed by atoms with Gasteiger partial charge >= 0.3 is 0 Å². The summed E-state index contributed by atoms with van der Waals surface area (Å²) in [4.78, 5) is 11.2. The van der Waals surface area contributed by atoms with Crippen LogP contribution >= 0.6 is 11.6 Å². The van der Waals surface area contributed by atoms with Gasteiger partial charge in [0.25, 0.3) is 0 Å². The topological polar surface area (TPSA) is 60.0 Å². The largest absolute Gasteiger partial charge is 0.329 e. The van der Waals surface area contributed by atoms with Gasteiger partial charge in [0.1, 0.15) is 11.6 Å². The number of aromatic nitrogens is 3. The van der Waals surface area contributed by atoms with Crippen molar-refractivity contribution in [1.82, 2.24) is 14.5 Å². The molecule has 2 N–H and O–H groups in total. The molecule has 7 heteroatoms. The summed E-state index contributed by atoms with van der Waals surface area (Å²) in [6.07, 6.45) is 3.45. The number of para-hydroxylation sites is 1. The van der Waals surface area contributed by atoms with Crippen LogP contribution in [0.3, 0.4) is 0 Å². The molecule has 2 heterocycles. The van der Waals surface area contributed by atoms with Crippen molar-refractivity contribution in [2.45, 2.75) is 6.54 Å². The number of halogens is 2. The Morgan fingerprint density at radius 3 is 2.59 bits per heavy atom. The standard InChI is InChI=1S/C27H23ClFN5/c28-24-16-31-27(34(12-11-30)22-7-2-1-3-8-22)15-23(24)20-9-10-25-26(14-20)33(18-32-25)17-19-5-4-6-21(29)13-19/h1-10,13-16,18H,11-12,17,30H2. The van der Waals surface area contributed by atoms with Crippen LogP contribution in [-0.2, 0) is 6.54 Å². The van der Waals surface area contributed by atoms with E-state index in [1.807, 2.05) is 59.2 Å². The zero-order chi connectivity index (χ0) is 23.5. The number of nitrogens with two attached hydrogens (primary N) is 1. The maximum Gasteiger partial charge on any atom is 0.133 e. The first-order chi connectivity index (χ1) is 16.6. The first-order valence-electron chi connectivity index (χ1n) is 11.0. The van der Waals surface area contributed by atoms with E-state index in [9.17, 15) is 4.39 Å². The van der Waals surface area contributed by atoms with Crippen molar-refractivity contribution in [3.05, 3.63) is 108 Å². The Hall–Kier alpha value is -3.74. The smallest absolute Gasteiger partial charge is 0.133 e. The molecule has 0 aliphatic heterocycles. The summed E-state index contributed by atoms with van der Waals surface area (Å²) < 4.78 is 15.7. The molecular formula is C27H23ClFN5. The number of nitrogens with zero attached hydrogens (tertiary/aromatic N) is 4. The molecule has 0 unspecified atom stereocenters. The Morgan fingerprint density at radius 2 is 1.79 bits per heavy atom. The molecule has 0 amide bonds. The lowest BCUT2D eigenvalue weighted by atomic mass is 10.1. The second-order valence-corrected chi connectivity index (χ2v) is 8.41. The molecule has 2 aromatic heterocycles. The monoisotopic (exact) mass is 471 g/mol. The van der Waals surface area contributed by atoms with E-state index in [1.165, 1.54) is 12.1 Å². The van der Waals surface area contributed by atoms with Gasteiger partial charge in [-0.1, -0.05) is 48.0 Å². The third kappa shape index (κ3) is 4.51. The van der Waals surface area contributed by atoms with Crippen LogP contribution in [0.25, 0.3) is 22.2 Å². The molecule has 0 atom stereocenters. The molecule has 0 aliphatic carbocycles. The van der Waals surface area contributed by atoms with E-state index < -0.39 is 0 Å². The van der Waals surface area contributed by atoms with Gasteiger partial charge in [-0.05, 0) is 53.6 Å². The van der Waals surface area contributed by atoms with Crippen LogP contribution in [-0.4, -0.2) is 27.6 Å². The predicted molar refractivity (Wildman–Crippen MR) is 136 cm³/mol. The summed E-state index contributed by atoms with van der Waals surface area (Å²) in [6, 6.07) is 24.6. The lowest BCUT2D eigenvalue weighted by Gasteiger charge is -2.24. The summed E-state index contributed by atoms with van der Waals surface area (Å²) in [7, 11) is 0. The molecule has 170 valence electrons. The average Bonchev–Trinajstić information content (AvgIpc) is 3.25.